The highest BCUT2D eigenvalue weighted by molar-refractivity contribution is 8.15. The van der Waals surface area contributed by atoms with Crippen LogP contribution < -0.4 is 10.6 Å². The predicted octanol–water partition coefficient (Wildman–Crippen LogP) is 1.57. The number of hydrogen-bond donors (Lipinski definition) is 2. The molecule has 164 valence electrons. The average molecular weight is 445 g/mol. The molecule has 0 bridgehead atoms. The van der Waals surface area contributed by atoms with Crippen LogP contribution in [0.5, 0.6) is 0 Å². The lowest BCUT2D eigenvalue weighted by Gasteiger charge is -2.16. The highest BCUT2D eigenvalue weighted by Crippen LogP contribution is 2.29. The zero-order valence-electron chi connectivity index (χ0n) is 17.0. The van der Waals surface area contributed by atoms with Crippen LogP contribution in [-0.4, -0.2) is 65.2 Å². The van der Waals surface area contributed by atoms with Gasteiger partial charge >= 0.3 is 5.97 Å². The topological polar surface area (TPSA) is 117 Å². The summed E-state index contributed by atoms with van der Waals surface area (Å²) in [6.45, 7) is 5.17. The third kappa shape index (κ3) is 6.42. The molecule has 9 nitrogen and oxygen atoms in total. The first-order valence-electron chi connectivity index (χ1n) is 9.95. The Morgan fingerprint density at radius 2 is 1.90 bits per heavy atom. The van der Waals surface area contributed by atoms with Crippen molar-refractivity contribution in [3.8, 4) is 0 Å². The fourth-order valence-electron chi connectivity index (χ4n) is 3.07. The Bertz CT molecular complexity index is 894. The molecule has 0 saturated carbocycles. The third-order valence-corrected chi connectivity index (χ3v) is 5.87. The average Bonchev–Trinajstić information content (AvgIpc) is 3.41. The van der Waals surface area contributed by atoms with E-state index in [1.165, 1.54) is 30.0 Å². The summed E-state index contributed by atoms with van der Waals surface area (Å²) in [4.78, 5) is 54.1. The van der Waals surface area contributed by atoms with E-state index in [1.54, 1.807) is 12.1 Å². The fraction of sp³-hybridized carbons (Fsp3) is 0.381. The SMILES string of the molecule is C=CCNC(=O)COC(=O)c1ccc(NC(=O)C[C@@H]2SC(N3CCCC3)=NC2=O)cc1. The van der Waals surface area contributed by atoms with Gasteiger partial charge < -0.3 is 20.3 Å². The minimum absolute atomic E-state index is 0.0218. The van der Waals surface area contributed by atoms with Crippen molar-refractivity contribution in [3.63, 3.8) is 0 Å². The van der Waals surface area contributed by atoms with Crippen molar-refractivity contribution in [2.45, 2.75) is 24.5 Å². The van der Waals surface area contributed by atoms with Crippen LogP contribution >= 0.6 is 11.8 Å². The normalized spacial score (nSPS) is 17.8. The maximum absolute atomic E-state index is 12.3. The second kappa shape index (κ2) is 10.8. The largest absolute Gasteiger partial charge is 0.452 e. The van der Waals surface area contributed by atoms with Crippen molar-refractivity contribution >= 4 is 46.3 Å². The molecule has 0 aliphatic carbocycles. The monoisotopic (exact) mass is 444 g/mol. The number of nitrogens with one attached hydrogen (secondary N) is 2. The Labute approximate surface area is 184 Å². The van der Waals surface area contributed by atoms with Crippen molar-refractivity contribution in [2.24, 2.45) is 4.99 Å². The minimum atomic E-state index is -0.647. The van der Waals surface area contributed by atoms with Crippen molar-refractivity contribution < 1.29 is 23.9 Å². The van der Waals surface area contributed by atoms with Crippen LogP contribution in [0.25, 0.3) is 0 Å². The van der Waals surface area contributed by atoms with Crippen LogP contribution in [0, 0.1) is 0 Å². The summed E-state index contributed by atoms with van der Waals surface area (Å²) in [5, 5.41) is 5.41. The molecule has 3 amide bonds. The molecule has 0 spiro atoms. The lowest BCUT2D eigenvalue weighted by atomic mass is 10.2. The second-order valence-electron chi connectivity index (χ2n) is 7.03. The van der Waals surface area contributed by atoms with E-state index in [9.17, 15) is 19.2 Å². The first-order chi connectivity index (χ1) is 15.0. The van der Waals surface area contributed by atoms with Crippen molar-refractivity contribution in [3.05, 3.63) is 42.5 Å². The van der Waals surface area contributed by atoms with Gasteiger partial charge in [0.25, 0.3) is 11.8 Å². The van der Waals surface area contributed by atoms with Crippen molar-refractivity contribution in [2.75, 3.05) is 31.6 Å². The molecule has 2 aliphatic rings. The van der Waals surface area contributed by atoms with Gasteiger partial charge in [0.05, 0.1) is 5.56 Å². The number of anilines is 1. The molecule has 1 atom stereocenters. The molecule has 3 rings (SSSR count). The van der Waals surface area contributed by atoms with E-state index in [0.717, 1.165) is 25.9 Å². The molecule has 1 saturated heterocycles. The molecule has 2 aliphatic heterocycles. The smallest absolute Gasteiger partial charge is 0.338 e. The molecule has 1 aromatic carbocycles. The number of rotatable bonds is 8. The van der Waals surface area contributed by atoms with Crippen LogP contribution in [0.4, 0.5) is 5.69 Å². The van der Waals surface area contributed by atoms with Crippen LogP contribution in [0.1, 0.15) is 29.6 Å². The third-order valence-electron chi connectivity index (χ3n) is 4.66. The number of thioether (sulfide) groups is 1. The number of carbonyl (C=O) groups excluding carboxylic acids is 4. The number of likely N-dealkylation sites (tertiary alicyclic amines) is 1. The maximum atomic E-state index is 12.3. The van der Waals surface area contributed by atoms with Crippen molar-refractivity contribution in [1.29, 1.82) is 0 Å². The number of esters is 1. The number of amides is 3. The number of amidine groups is 1. The number of aliphatic imine (C=N–C) groups is 1. The standard InChI is InChI=1S/C21H24N4O5S/c1-2-9-22-18(27)13-30-20(29)14-5-7-15(8-6-14)23-17(26)12-16-19(28)24-21(31-16)25-10-3-4-11-25/h2,5-8,16H,1,3-4,9-13H2,(H,22,27)(H,23,26)/t16-/m0/s1. The highest BCUT2D eigenvalue weighted by Gasteiger charge is 2.33. The molecule has 31 heavy (non-hydrogen) atoms. The number of ether oxygens (including phenoxy) is 1. The van der Waals surface area contributed by atoms with Crippen LogP contribution in [0.3, 0.4) is 0 Å². The van der Waals surface area contributed by atoms with Gasteiger partial charge in [0.1, 0.15) is 5.25 Å². The quantitative estimate of drug-likeness (QED) is 0.462. The Morgan fingerprint density at radius 1 is 1.19 bits per heavy atom. The molecule has 1 fully saturated rings. The predicted molar refractivity (Wildman–Crippen MR) is 118 cm³/mol. The number of carbonyl (C=O) groups is 4. The van der Waals surface area contributed by atoms with Gasteiger partial charge in [-0.1, -0.05) is 17.8 Å². The summed E-state index contributed by atoms with van der Waals surface area (Å²) in [5.41, 5.74) is 0.737. The van der Waals surface area contributed by atoms with E-state index >= 15 is 0 Å². The van der Waals surface area contributed by atoms with Gasteiger partial charge in [-0.2, -0.15) is 4.99 Å². The molecule has 0 radical (unpaired) electrons. The summed E-state index contributed by atoms with van der Waals surface area (Å²) in [5.74, 6) is -1.66. The van der Waals surface area contributed by atoms with E-state index < -0.39 is 17.1 Å². The van der Waals surface area contributed by atoms with Gasteiger partial charge in [0, 0.05) is 31.7 Å². The van der Waals surface area contributed by atoms with Crippen LogP contribution in [0.2, 0.25) is 0 Å². The molecule has 10 heteroatoms. The molecule has 2 heterocycles. The molecule has 0 unspecified atom stereocenters. The van der Waals surface area contributed by atoms with Gasteiger partial charge in [0.15, 0.2) is 11.8 Å². The molecule has 0 aromatic heterocycles. The fourth-order valence-corrected chi connectivity index (χ4v) is 4.19. The summed E-state index contributed by atoms with van der Waals surface area (Å²) in [6.07, 6.45) is 3.72. The Hall–Kier alpha value is -3.14. The van der Waals surface area contributed by atoms with Crippen LogP contribution in [0.15, 0.2) is 41.9 Å². The van der Waals surface area contributed by atoms with Gasteiger partial charge in [-0.25, -0.2) is 4.79 Å². The number of nitrogens with zero attached hydrogens (tertiary/aromatic N) is 2. The van der Waals surface area contributed by atoms with E-state index in [0.29, 0.717) is 17.4 Å². The van der Waals surface area contributed by atoms with Gasteiger partial charge in [-0.3, -0.25) is 14.4 Å². The summed E-state index contributed by atoms with van der Waals surface area (Å²) >= 11 is 1.34. The lowest BCUT2D eigenvalue weighted by Crippen LogP contribution is -2.28. The van der Waals surface area contributed by atoms with E-state index in [2.05, 4.69) is 27.1 Å². The first kappa shape index (κ1) is 22.5. The van der Waals surface area contributed by atoms with E-state index in [4.69, 9.17) is 4.74 Å². The Kier molecular flexibility index (Phi) is 7.82. The Balaban J connectivity index is 1.44. The first-order valence-corrected chi connectivity index (χ1v) is 10.8. The second-order valence-corrected chi connectivity index (χ2v) is 8.20. The zero-order chi connectivity index (χ0) is 22.2. The molecular formula is C21H24N4O5S. The molecule has 1 aromatic rings. The summed E-state index contributed by atoms with van der Waals surface area (Å²) in [7, 11) is 0. The Morgan fingerprint density at radius 3 is 2.58 bits per heavy atom. The maximum Gasteiger partial charge on any atom is 0.338 e. The van der Waals surface area contributed by atoms with Gasteiger partial charge in [-0.15, -0.1) is 6.58 Å². The highest BCUT2D eigenvalue weighted by atomic mass is 32.2. The van der Waals surface area contributed by atoms with Gasteiger partial charge in [0.2, 0.25) is 5.91 Å². The minimum Gasteiger partial charge on any atom is -0.452 e. The van der Waals surface area contributed by atoms with E-state index in [-0.39, 0.29) is 30.4 Å². The molecular weight excluding hydrogens is 420 g/mol. The molecule has 2 N–H and O–H groups in total. The number of benzene rings is 1. The van der Waals surface area contributed by atoms with E-state index in [1.807, 2.05) is 0 Å². The number of hydrogen-bond acceptors (Lipinski definition) is 7. The van der Waals surface area contributed by atoms with Gasteiger partial charge in [-0.05, 0) is 37.1 Å². The summed E-state index contributed by atoms with van der Waals surface area (Å²) < 4.78 is 4.93. The summed E-state index contributed by atoms with van der Waals surface area (Å²) in [6, 6.07) is 6.09. The lowest BCUT2D eigenvalue weighted by molar-refractivity contribution is -0.124. The van der Waals surface area contributed by atoms with Crippen molar-refractivity contribution in [1.82, 2.24) is 10.2 Å². The zero-order valence-corrected chi connectivity index (χ0v) is 17.8. The van der Waals surface area contributed by atoms with Crippen LogP contribution in [-0.2, 0) is 19.1 Å².